The first kappa shape index (κ1) is 15.4. The van der Waals surface area contributed by atoms with Crippen molar-refractivity contribution < 1.29 is 9.90 Å². The number of rotatable bonds is 4. The quantitative estimate of drug-likeness (QED) is 0.525. The third kappa shape index (κ3) is 2.87. The number of thiazole rings is 1. The second-order valence-corrected chi connectivity index (χ2v) is 6.51. The van der Waals surface area contributed by atoms with Crippen LogP contribution < -0.4 is 5.32 Å². The number of aromatic nitrogens is 4. The summed E-state index contributed by atoms with van der Waals surface area (Å²) in [4.78, 5) is 17.8. The standard InChI is InChI=1S/C17H15N5O2S/c1-10(14-9-22-6-7-25-17(22)19-14)18-16(24)13-8-12(20-21-13)11-4-2-3-5-15(11)23/h2-10,23H,1H3,(H,18,24)(H,20,21)/t10-/m1/s1. The Balaban J connectivity index is 1.51. The number of phenols is 1. The number of hydrogen-bond acceptors (Lipinski definition) is 5. The first-order chi connectivity index (χ1) is 12.1. The lowest BCUT2D eigenvalue weighted by Crippen LogP contribution is -2.27. The number of para-hydroxylation sites is 1. The second kappa shape index (κ2) is 6.06. The van der Waals surface area contributed by atoms with Crippen molar-refractivity contribution in [2.24, 2.45) is 0 Å². The fraction of sp³-hybridized carbons (Fsp3) is 0.118. The lowest BCUT2D eigenvalue weighted by atomic mass is 10.1. The number of carbonyl (C=O) groups excluding carboxylic acids is 1. The van der Waals surface area contributed by atoms with E-state index < -0.39 is 0 Å². The number of nitrogens with zero attached hydrogens (tertiary/aromatic N) is 3. The van der Waals surface area contributed by atoms with Crippen LogP contribution in [0.25, 0.3) is 16.2 Å². The van der Waals surface area contributed by atoms with Gasteiger partial charge in [0.05, 0.1) is 17.4 Å². The zero-order valence-corrected chi connectivity index (χ0v) is 14.1. The van der Waals surface area contributed by atoms with E-state index in [1.165, 1.54) is 0 Å². The summed E-state index contributed by atoms with van der Waals surface area (Å²) in [6, 6.07) is 8.23. The maximum atomic E-state index is 12.4. The smallest absolute Gasteiger partial charge is 0.269 e. The molecule has 0 bridgehead atoms. The van der Waals surface area contributed by atoms with Crippen molar-refractivity contribution in [3.8, 4) is 17.0 Å². The summed E-state index contributed by atoms with van der Waals surface area (Å²) >= 11 is 1.54. The molecule has 0 fully saturated rings. The third-order valence-electron chi connectivity index (χ3n) is 3.91. The van der Waals surface area contributed by atoms with Crippen LogP contribution in [-0.2, 0) is 0 Å². The molecular formula is C17H15N5O2S. The van der Waals surface area contributed by atoms with Gasteiger partial charge in [-0.15, -0.1) is 11.3 Å². The van der Waals surface area contributed by atoms with Gasteiger partial charge in [-0.2, -0.15) is 5.10 Å². The molecule has 4 aromatic rings. The minimum atomic E-state index is -0.280. The molecule has 0 spiro atoms. The Morgan fingerprint density at radius 1 is 1.40 bits per heavy atom. The van der Waals surface area contributed by atoms with Gasteiger partial charge in [-0.25, -0.2) is 4.98 Å². The normalized spacial score (nSPS) is 12.4. The molecule has 3 heterocycles. The van der Waals surface area contributed by atoms with E-state index in [2.05, 4.69) is 20.5 Å². The summed E-state index contributed by atoms with van der Waals surface area (Å²) in [5, 5.41) is 21.6. The first-order valence-electron chi connectivity index (χ1n) is 7.68. The average Bonchev–Trinajstić information content (AvgIpc) is 3.30. The van der Waals surface area contributed by atoms with Gasteiger partial charge in [0.25, 0.3) is 5.91 Å². The molecule has 1 aromatic carbocycles. The summed E-state index contributed by atoms with van der Waals surface area (Å²) in [6.07, 6.45) is 3.83. The molecule has 4 rings (SSSR count). The minimum Gasteiger partial charge on any atom is -0.507 e. The van der Waals surface area contributed by atoms with Crippen molar-refractivity contribution in [3.05, 3.63) is 59.5 Å². The molecule has 1 atom stereocenters. The maximum Gasteiger partial charge on any atom is 0.269 e. The van der Waals surface area contributed by atoms with Crippen LogP contribution in [0.4, 0.5) is 0 Å². The number of hydrogen-bond donors (Lipinski definition) is 3. The van der Waals surface area contributed by atoms with E-state index in [0.717, 1.165) is 10.7 Å². The topological polar surface area (TPSA) is 95.3 Å². The van der Waals surface area contributed by atoms with E-state index in [-0.39, 0.29) is 17.7 Å². The molecule has 0 unspecified atom stereocenters. The molecule has 3 aromatic heterocycles. The molecular weight excluding hydrogens is 338 g/mol. The van der Waals surface area contributed by atoms with E-state index in [4.69, 9.17) is 0 Å². The van der Waals surface area contributed by atoms with Crippen LogP contribution in [0.3, 0.4) is 0 Å². The second-order valence-electron chi connectivity index (χ2n) is 5.64. The molecule has 0 aliphatic carbocycles. The number of phenolic OH excluding ortho intramolecular Hbond substituents is 1. The SMILES string of the molecule is C[C@@H](NC(=O)c1cc(-c2ccccc2O)n[nH]1)c1cn2ccsc2n1. The van der Waals surface area contributed by atoms with Crippen molar-refractivity contribution in [2.45, 2.75) is 13.0 Å². The molecule has 0 aliphatic heterocycles. The molecule has 3 N–H and O–H groups in total. The average molecular weight is 353 g/mol. The van der Waals surface area contributed by atoms with Crippen LogP contribution in [-0.4, -0.2) is 30.6 Å². The fourth-order valence-electron chi connectivity index (χ4n) is 2.57. The Bertz CT molecular complexity index is 1020. The predicted molar refractivity (Wildman–Crippen MR) is 94.6 cm³/mol. The number of amides is 1. The first-order valence-corrected chi connectivity index (χ1v) is 8.56. The van der Waals surface area contributed by atoms with Crippen LogP contribution in [0.5, 0.6) is 5.75 Å². The molecule has 0 radical (unpaired) electrons. The monoisotopic (exact) mass is 353 g/mol. The molecule has 7 nitrogen and oxygen atoms in total. The number of aromatic hydroxyl groups is 1. The molecule has 126 valence electrons. The number of benzene rings is 1. The van der Waals surface area contributed by atoms with Crippen molar-refractivity contribution in [1.82, 2.24) is 24.9 Å². The summed E-state index contributed by atoms with van der Waals surface area (Å²) in [7, 11) is 0. The number of fused-ring (bicyclic) bond motifs is 1. The van der Waals surface area contributed by atoms with E-state index in [1.54, 1.807) is 41.7 Å². The van der Waals surface area contributed by atoms with Gasteiger partial charge >= 0.3 is 0 Å². The van der Waals surface area contributed by atoms with Gasteiger partial charge in [-0.3, -0.25) is 14.3 Å². The Kier molecular flexibility index (Phi) is 3.73. The predicted octanol–water partition coefficient (Wildman–Crippen LogP) is 2.98. The highest BCUT2D eigenvalue weighted by atomic mass is 32.1. The Labute approximate surface area is 147 Å². The van der Waals surface area contributed by atoms with E-state index >= 15 is 0 Å². The van der Waals surface area contributed by atoms with Crippen LogP contribution in [0.1, 0.15) is 29.1 Å². The number of H-pyrrole nitrogens is 1. The Morgan fingerprint density at radius 3 is 3.04 bits per heavy atom. The van der Waals surface area contributed by atoms with Gasteiger partial charge in [0, 0.05) is 23.3 Å². The van der Waals surface area contributed by atoms with Crippen LogP contribution in [0.15, 0.2) is 48.1 Å². The van der Waals surface area contributed by atoms with Gasteiger partial charge in [0.15, 0.2) is 4.96 Å². The molecule has 8 heteroatoms. The van der Waals surface area contributed by atoms with Gasteiger partial charge < -0.3 is 10.4 Å². The number of aromatic amines is 1. The Morgan fingerprint density at radius 2 is 2.24 bits per heavy atom. The molecule has 25 heavy (non-hydrogen) atoms. The highest BCUT2D eigenvalue weighted by Gasteiger charge is 2.17. The molecule has 1 amide bonds. The van der Waals surface area contributed by atoms with Crippen molar-refractivity contribution in [2.75, 3.05) is 0 Å². The summed E-state index contributed by atoms with van der Waals surface area (Å²) < 4.78 is 1.93. The minimum absolute atomic E-state index is 0.118. The summed E-state index contributed by atoms with van der Waals surface area (Å²) in [5.41, 5.74) is 2.20. The van der Waals surface area contributed by atoms with E-state index in [9.17, 15) is 9.90 Å². The van der Waals surface area contributed by atoms with Gasteiger partial charge in [0.1, 0.15) is 11.4 Å². The fourth-order valence-corrected chi connectivity index (χ4v) is 3.28. The lowest BCUT2D eigenvalue weighted by molar-refractivity contribution is 0.0934. The van der Waals surface area contributed by atoms with Crippen molar-refractivity contribution in [3.63, 3.8) is 0 Å². The van der Waals surface area contributed by atoms with Gasteiger partial charge in [-0.1, -0.05) is 12.1 Å². The van der Waals surface area contributed by atoms with Crippen LogP contribution in [0.2, 0.25) is 0 Å². The zero-order chi connectivity index (χ0) is 17.4. The lowest BCUT2D eigenvalue weighted by Gasteiger charge is -2.10. The highest BCUT2D eigenvalue weighted by molar-refractivity contribution is 7.15. The third-order valence-corrected chi connectivity index (χ3v) is 4.68. The summed E-state index contributed by atoms with van der Waals surface area (Å²) in [6.45, 7) is 1.88. The van der Waals surface area contributed by atoms with Crippen molar-refractivity contribution >= 4 is 22.2 Å². The molecule has 0 saturated carbocycles. The number of imidazole rings is 1. The number of carbonyl (C=O) groups is 1. The zero-order valence-electron chi connectivity index (χ0n) is 13.3. The maximum absolute atomic E-state index is 12.4. The van der Waals surface area contributed by atoms with E-state index in [0.29, 0.717) is 17.0 Å². The Hall–Kier alpha value is -3.13. The number of nitrogens with one attached hydrogen (secondary N) is 2. The van der Waals surface area contributed by atoms with Gasteiger partial charge in [-0.05, 0) is 25.1 Å². The van der Waals surface area contributed by atoms with E-state index in [1.807, 2.05) is 29.1 Å². The molecule has 0 saturated heterocycles. The summed E-state index contributed by atoms with van der Waals surface area (Å²) in [5.74, 6) is -0.162. The van der Waals surface area contributed by atoms with Crippen LogP contribution in [0, 0.1) is 0 Å². The largest absolute Gasteiger partial charge is 0.507 e. The van der Waals surface area contributed by atoms with Crippen molar-refractivity contribution in [1.29, 1.82) is 0 Å². The highest BCUT2D eigenvalue weighted by Crippen LogP contribution is 2.27. The van der Waals surface area contributed by atoms with Gasteiger partial charge in [0.2, 0.25) is 0 Å². The van der Waals surface area contributed by atoms with Crippen LogP contribution >= 0.6 is 11.3 Å². The molecule has 0 aliphatic rings.